The summed E-state index contributed by atoms with van der Waals surface area (Å²) in [5.74, 6) is 0.571. The Balaban J connectivity index is 2.92. The number of benzene rings is 1. The number of carbonyl (C=O) groups excluding carboxylic acids is 1. The maximum atomic E-state index is 11.8. The molecular weight excluding hydrogens is 238 g/mol. The van der Waals surface area contributed by atoms with E-state index < -0.39 is 5.38 Å². The highest BCUT2D eigenvalue weighted by atomic mass is 35.5. The summed E-state index contributed by atoms with van der Waals surface area (Å²) in [4.78, 5) is 13.3. The van der Waals surface area contributed by atoms with Crippen LogP contribution in [0, 0.1) is 0 Å². The quantitative estimate of drug-likeness (QED) is 0.757. The monoisotopic (exact) mass is 255 g/mol. The minimum absolute atomic E-state index is 0.140. The fraction of sp³-hybridized carbons (Fsp3) is 0.462. The largest absolute Gasteiger partial charge is 0.491 e. The number of rotatable bonds is 5. The highest BCUT2D eigenvalue weighted by molar-refractivity contribution is 6.32. The van der Waals surface area contributed by atoms with E-state index in [-0.39, 0.29) is 5.91 Å². The Morgan fingerprint density at radius 2 is 2.12 bits per heavy atom. The zero-order valence-corrected chi connectivity index (χ0v) is 11.2. The van der Waals surface area contributed by atoms with Crippen molar-refractivity contribution >= 4 is 23.2 Å². The van der Waals surface area contributed by atoms with Crippen LogP contribution in [0.5, 0.6) is 5.75 Å². The van der Waals surface area contributed by atoms with Crippen LogP contribution in [-0.2, 0) is 4.79 Å². The van der Waals surface area contributed by atoms with E-state index in [1.165, 1.54) is 4.90 Å². The van der Waals surface area contributed by atoms with E-state index in [1.54, 1.807) is 14.0 Å². The lowest BCUT2D eigenvalue weighted by Gasteiger charge is -2.21. The fourth-order valence-corrected chi connectivity index (χ4v) is 1.60. The van der Waals surface area contributed by atoms with Crippen molar-refractivity contribution in [2.45, 2.75) is 25.6 Å². The molecule has 3 nitrogen and oxygen atoms in total. The second kappa shape index (κ2) is 6.50. The third-order valence-electron chi connectivity index (χ3n) is 2.36. The molecule has 0 aliphatic heterocycles. The van der Waals surface area contributed by atoms with E-state index in [0.29, 0.717) is 12.4 Å². The molecule has 4 heteroatoms. The van der Waals surface area contributed by atoms with Crippen molar-refractivity contribution in [3.05, 3.63) is 24.3 Å². The fourth-order valence-electron chi connectivity index (χ4n) is 1.45. The van der Waals surface area contributed by atoms with E-state index >= 15 is 0 Å². The lowest BCUT2D eigenvalue weighted by Crippen LogP contribution is -2.32. The van der Waals surface area contributed by atoms with Gasteiger partial charge in [0.15, 0.2) is 0 Å². The maximum Gasteiger partial charge on any atom is 0.244 e. The molecule has 17 heavy (non-hydrogen) atoms. The third kappa shape index (κ3) is 3.63. The number of anilines is 1. The molecule has 1 aromatic carbocycles. The van der Waals surface area contributed by atoms with Crippen LogP contribution >= 0.6 is 11.6 Å². The van der Waals surface area contributed by atoms with Crippen molar-refractivity contribution in [3.63, 3.8) is 0 Å². The first-order chi connectivity index (χ1) is 8.07. The lowest BCUT2D eigenvalue weighted by atomic mass is 10.2. The van der Waals surface area contributed by atoms with Crippen molar-refractivity contribution < 1.29 is 9.53 Å². The van der Waals surface area contributed by atoms with Gasteiger partial charge < -0.3 is 9.64 Å². The van der Waals surface area contributed by atoms with Crippen molar-refractivity contribution in [1.29, 1.82) is 0 Å². The molecule has 0 saturated heterocycles. The second-order valence-electron chi connectivity index (χ2n) is 3.83. The number of para-hydroxylation sites is 2. The highest BCUT2D eigenvalue weighted by Gasteiger charge is 2.18. The molecule has 1 atom stereocenters. The number of halogens is 1. The molecule has 1 unspecified atom stereocenters. The summed E-state index contributed by atoms with van der Waals surface area (Å²) in [6.45, 7) is 4.34. The molecule has 0 aliphatic carbocycles. The molecule has 0 saturated carbocycles. The molecule has 0 aromatic heterocycles. The van der Waals surface area contributed by atoms with E-state index in [1.807, 2.05) is 31.2 Å². The minimum atomic E-state index is -0.542. The maximum absolute atomic E-state index is 11.8. The average molecular weight is 256 g/mol. The van der Waals surface area contributed by atoms with Gasteiger partial charge in [0.25, 0.3) is 0 Å². The predicted octanol–water partition coefficient (Wildman–Crippen LogP) is 3.07. The molecule has 0 heterocycles. The van der Waals surface area contributed by atoms with Gasteiger partial charge in [0, 0.05) is 7.05 Å². The van der Waals surface area contributed by atoms with Crippen molar-refractivity contribution in [2.24, 2.45) is 0 Å². The Bertz CT molecular complexity index is 379. The average Bonchev–Trinajstić information content (AvgIpc) is 2.34. The SMILES string of the molecule is CCCOc1ccccc1N(C)C(=O)C(C)Cl. The van der Waals surface area contributed by atoms with E-state index in [2.05, 4.69) is 0 Å². The Morgan fingerprint density at radius 1 is 1.47 bits per heavy atom. The summed E-state index contributed by atoms with van der Waals surface area (Å²) in [7, 11) is 1.70. The van der Waals surface area contributed by atoms with Gasteiger partial charge in [0.1, 0.15) is 11.1 Å². The molecular formula is C13H18ClNO2. The predicted molar refractivity (Wildman–Crippen MR) is 71.0 cm³/mol. The van der Waals surface area contributed by atoms with E-state index in [0.717, 1.165) is 12.1 Å². The first-order valence-electron chi connectivity index (χ1n) is 5.71. The molecule has 0 fully saturated rings. The molecule has 0 aliphatic rings. The van der Waals surface area contributed by atoms with Gasteiger partial charge in [-0.15, -0.1) is 11.6 Å². The smallest absolute Gasteiger partial charge is 0.244 e. The summed E-state index contributed by atoms with van der Waals surface area (Å²) in [6.07, 6.45) is 0.928. The summed E-state index contributed by atoms with van der Waals surface area (Å²) in [5, 5.41) is -0.542. The van der Waals surface area contributed by atoms with Crippen molar-refractivity contribution in [3.8, 4) is 5.75 Å². The van der Waals surface area contributed by atoms with Crippen LogP contribution in [0.1, 0.15) is 20.3 Å². The third-order valence-corrected chi connectivity index (χ3v) is 2.55. The van der Waals surface area contributed by atoms with Gasteiger partial charge in [0.2, 0.25) is 5.91 Å². The number of amides is 1. The van der Waals surface area contributed by atoms with Gasteiger partial charge in [0.05, 0.1) is 12.3 Å². The molecule has 94 valence electrons. The van der Waals surface area contributed by atoms with Crippen LogP contribution in [0.15, 0.2) is 24.3 Å². The van der Waals surface area contributed by atoms with Gasteiger partial charge >= 0.3 is 0 Å². The molecule has 0 spiro atoms. The van der Waals surface area contributed by atoms with Gasteiger partial charge in [-0.2, -0.15) is 0 Å². The number of carbonyl (C=O) groups is 1. The number of alkyl halides is 1. The Kier molecular flexibility index (Phi) is 5.29. The zero-order valence-electron chi connectivity index (χ0n) is 10.4. The lowest BCUT2D eigenvalue weighted by molar-refractivity contribution is -0.117. The molecule has 1 rings (SSSR count). The number of ether oxygens (including phenoxy) is 1. The number of hydrogen-bond acceptors (Lipinski definition) is 2. The van der Waals surface area contributed by atoms with Crippen LogP contribution in [-0.4, -0.2) is 24.9 Å². The second-order valence-corrected chi connectivity index (χ2v) is 4.48. The van der Waals surface area contributed by atoms with Gasteiger partial charge in [-0.25, -0.2) is 0 Å². The number of nitrogens with zero attached hydrogens (tertiary/aromatic N) is 1. The van der Waals surface area contributed by atoms with Gasteiger partial charge in [-0.05, 0) is 25.5 Å². The van der Waals surface area contributed by atoms with Crippen LogP contribution in [0.3, 0.4) is 0 Å². The molecule has 1 aromatic rings. The standard InChI is InChI=1S/C13H18ClNO2/c1-4-9-17-12-8-6-5-7-11(12)15(3)13(16)10(2)14/h5-8,10H,4,9H2,1-3H3. The topological polar surface area (TPSA) is 29.5 Å². The molecule has 1 amide bonds. The van der Waals surface area contributed by atoms with Crippen LogP contribution < -0.4 is 9.64 Å². The van der Waals surface area contributed by atoms with E-state index in [4.69, 9.17) is 16.3 Å². The zero-order chi connectivity index (χ0) is 12.8. The first-order valence-corrected chi connectivity index (χ1v) is 6.15. The van der Waals surface area contributed by atoms with Crippen LogP contribution in [0.25, 0.3) is 0 Å². The highest BCUT2D eigenvalue weighted by Crippen LogP contribution is 2.28. The van der Waals surface area contributed by atoms with Crippen molar-refractivity contribution in [2.75, 3.05) is 18.6 Å². The van der Waals surface area contributed by atoms with Crippen LogP contribution in [0.2, 0.25) is 0 Å². The molecule has 0 N–H and O–H groups in total. The minimum Gasteiger partial charge on any atom is -0.491 e. The van der Waals surface area contributed by atoms with E-state index in [9.17, 15) is 4.79 Å². The summed E-state index contributed by atoms with van der Waals surface area (Å²) >= 11 is 5.80. The van der Waals surface area contributed by atoms with Crippen molar-refractivity contribution in [1.82, 2.24) is 0 Å². The summed E-state index contributed by atoms with van der Waals surface area (Å²) < 4.78 is 5.60. The summed E-state index contributed by atoms with van der Waals surface area (Å²) in [5.41, 5.74) is 0.749. The Morgan fingerprint density at radius 3 is 2.71 bits per heavy atom. The summed E-state index contributed by atoms with van der Waals surface area (Å²) in [6, 6.07) is 7.46. The first kappa shape index (κ1) is 13.8. The normalized spacial score (nSPS) is 12.0. The number of hydrogen-bond donors (Lipinski definition) is 0. The molecule has 0 radical (unpaired) electrons. The Labute approximate surface area is 107 Å². The Hall–Kier alpha value is -1.22. The van der Waals surface area contributed by atoms with Gasteiger partial charge in [-0.1, -0.05) is 19.1 Å². The van der Waals surface area contributed by atoms with Gasteiger partial charge in [-0.3, -0.25) is 4.79 Å². The van der Waals surface area contributed by atoms with Crippen LogP contribution in [0.4, 0.5) is 5.69 Å². The molecule has 0 bridgehead atoms.